The van der Waals surface area contributed by atoms with E-state index in [4.69, 9.17) is 28.2 Å². The molecule has 1 fully saturated rings. The Hall–Kier alpha value is -1.56. The molecular formula is C20H24Cl2N4O. The summed E-state index contributed by atoms with van der Waals surface area (Å²) in [5, 5.41) is 1.14. The van der Waals surface area contributed by atoms with Crippen molar-refractivity contribution in [3.63, 3.8) is 0 Å². The average Bonchev–Trinajstić information content (AvgIpc) is 2.64. The average molecular weight is 407 g/mol. The molecule has 5 nitrogen and oxygen atoms in total. The van der Waals surface area contributed by atoms with Gasteiger partial charge in [0.1, 0.15) is 0 Å². The fraction of sp³-hybridized carbons (Fsp3) is 0.500. The van der Waals surface area contributed by atoms with Gasteiger partial charge in [-0.25, -0.2) is 4.98 Å². The summed E-state index contributed by atoms with van der Waals surface area (Å²) in [6.45, 7) is 6.43. The van der Waals surface area contributed by atoms with E-state index in [1.807, 2.05) is 18.2 Å². The van der Waals surface area contributed by atoms with Gasteiger partial charge in [-0.2, -0.15) is 0 Å². The summed E-state index contributed by atoms with van der Waals surface area (Å²) in [6, 6.07) is 5.73. The fourth-order valence-corrected chi connectivity index (χ4v) is 4.36. The number of piperidine rings is 1. The Bertz CT molecular complexity index is 898. The van der Waals surface area contributed by atoms with Gasteiger partial charge in [-0.05, 0) is 42.9 Å². The summed E-state index contributed by atoms with van der Waals surface area (Å²) >= 11 is 12.1. The van der Waals surface area contributed by atoms with Crippen LogP contribution in [0.15, 0.2) is 23.0 Å². The number of aromatic nitrogens is 2. The zero-order valence-corrected chi connectivity index (χ0v) is 17.0. The van der Waals surface area contributed by atoms with Crippen LogP contribution in [-0.4, -0.2) is 34.5 Å². The molecule has 0 radical (unpaired) electrons. The third-order valence-corrected chi connectivity index (χ3v) is 6.23. The molecule has 144 valence electrons. The van der Waals surface area contributed by atoms with E-state index in [-0.39, 0.29) is 5.56 Å². The van der Waals surface area contributed by atoms with Gasteiger partial charge in [-0.3, -0.25) is 14.7 Å². The van der Waals surface area contributed by atoms with E-state index in [1.165, 1.54) is 6.42 Å². The highest BCUT2D eigenvalue weighted by Gasteiger charge is 2.24. The van der Waals surface area contributed by atoms with Crippen molar-refractivity contribution in [3.8, 4) is 0 Å². The highest BCUT2D eigenvalue weighted by molar-refractivity contribution is 6.42. The number of H-pyrrole nitrogens is 1. The maximum Gasteiger partial charge on any atom is 0.255 e. The number of benzene rings is 1. The second kappa shape index (κ2) is 7.82. The number of anilines is 1. The summed E-state index contributed by atoms with van der Waals surface area (Å²) in [5.41, 5.74) is 2.86. The first-order valence-corrected chi connectivity index (χ1v) is 10.3. The first-order chi connectivity index (χ1) is 13.0. The van der Waals surface area contributed by atoms with Gasteiger partial charge in [0.25, 0.3) is 5.56 Å². The molecule has 27 heavy (non-hydrogen) atoms. The Morgan fingerprint density at radius 3 is 2.89 bits per heavy atom. The number of hydrogen-bond donors (Lipinski definition) is 1. The molecule has 7 heteroatoms. The lowest BCUT2D eigenvalue weighted by Gasteiger charge is -2.33. The Labute approximate surface area is 169 Å². The van der Waals surface area contributed by atoms with E-state index in [0.29, 0.717) is 22.5 Å². The minimum Gasteiger partial charge on any atom is -0.342 e. The summed E-state index contributed by atoms with van der Waals surface area (Å²) in [6.07, 6.45) is 3.10. The van der Waals surface area contributed by atoms with Gasteiger partial charge in [0.2, 0.25) is 5.95 Å². The van der Waals surface area contributed by atoms with E-state index < -0.39 is 0 Å². The zero-order valence-electron chi connectivity index (χ0n) is 15.5. The van der Waals surface area contributed by atoms with E-state index in [9.17, 15) is 4.79 Å². The quantitative estimate of drug-likeness (QED) is 0.840. The van der Waals surface area contributed by atoms with Crippen LogP contribution in [-0.2, 0) is 19.5 Å². The topological polar surface area (TPSA) is 52.2 Å². The van der Waals surface area contributed by atoms with Crippen molar-refractivity contribution in [3.05, 3.63) is 55.4 Å². The molecule has 0 unspecified atom stereocenters. The van der Waals surface area contributed by atoms with Crippen LogP contribution in [0.3, 0.4) is 0 Å². The van der Waals surface area contributed by atoms with E-state index >= 15 is 0 Å². The maximum absolute atomic E-state index is 12.6. The molecule has 0 amide bonds. The van der Waals surface area contributed by atoms with Crippen molar-refractivity contribution >= 4 is 29.2 Å². The number of halogens is 2. The second-order valence-corrected chi connectivity index (χ2v) is 8.53. The van der Waals surface area contributed by atoms with Crippen molar-refractivity contribution in [1.82, 2.24) is 14.9 Å². The SMILES string of the molecule is C[C@H]1CCCN(c2nc3c(c(=O)[nH]2)CCN(Cc2ccc(Cl)c(Cl)c2)C3)C1. The monoisotopic (exact) mass is 406 g/mol. The third-order valence-electron chi connectivity index (χ3n) is 5.49. The molecule has 2 aliphatic heterocycles. The van der Waals surface area contributed by atoms with Gasteiger partial charge in [-0.1, -0.05) is 36.2 Å². The molecule has 0 saturated carbocycles. The lowest BCUT2D eigenvalue weighted by Crippen LogP contribution is -2.39. The van der Waals surface area contributed by atoms with Crippen LogP contribution < -0.4 is 10.5 Å². The van der Waals surface area contributed by atoms with Crippen molar-refractivity contribution in [2.75, 3.05) is 24.5 Å². The van der Waals surface area contributed by atoms with Crippen molar-refractivity contribution in [2.45, 2.75) is 39.3 Å². The van der Waals surface area contributed by atoms with Gasteiger partial charge < -0.3 is 4.90 Å². The van der Waals surface area contributed by atoms with E-state index in [1.54, 1.807) is 0 Å². The lowest BCUT2D eigenvalue weighted by atomic mass is 10.0. The third kappa shape index (κ3) is 4.15. The molecule has 1 aromatic heterocycles. The Morgan fingerprint density at radius 2 is 2.11 bits per heavy atom. The highest BCUT2D eigenvalue weighted by Crippen LogP contribution is 2.25. The van der Waals surface area contributed by atoms with Gasteiger partial charge >= 0.3 is 0 Å². The van der Waals surface area contributed by atoms with Crippen LogP contribution in [0.25, 0.3) is 0 Å². The predicted molar refractivity (Wildman–Crippen MR) is 110 cm³/mol. The van der Waals surface area contributed by atoms with Crippen molar-refractivity contribution in [1.29, 1.82) is 0 Å². The largest absolute Gasteiger partial charge is 0.342 e. The molecule has 1 aromatic carbocycles. The lowest BCUT2D eigenvalue weighted by molar-refractivity contribution is 0.240. The number of aromatic amines is 1. The van der Waals surface area contributed by atoms with Crippen LogP contribution in [0, 0.1) is 5.92 Å². The highest BCUT2D eigenvalue weighted by atomic mass is 35.5. The summed E-state index contributed by atoms with van der Waals surface area (Å²) in [5.74, 6) is 1.35. The molecule has 3 heterocycles. The molecule has 4 rings (SSSR count). The van der Waals surface area contributed by atoms with Gasteiger partial charge in [0.05, 0.1) is 15.7 Å². The minimum absolute atomic E-state index is 0.0161. The minimum atomic E-state index is 0.0161. The van der Waals surface area contributed by atoms with Crippen LogP contribution in [0.5, 0.6) is 0 Å². The molecule has 2 aliphatic rings. The molecule has 0 aliphatic carbocycles. The van der Waals surface area contributed by atoms with Gasteiger partial charge in [-0.15, -0.1) is 0 Å². The van der Waals surface area contributed by atoms with Gasteiger partial charge in [0.15, 0.2) is 0 Å². The summed E-state index contributed by atoms with van der Waals surface area (Å²) in [7, 11) is 0. The fourth-order valence-electron chi connectivity index (χ4n) is 4.04. The van der Waals surface area contributed by atoms with Crippen molar-refractivity contribution in [2.24, 2.45) is 5.92 Å². The number of fused-ring (bicyclic) bond motifs is 1. The molecule has 2 aromatic rings. The predicted octanol–water partition coefficient (Wildman–Crippen LogP) is 3.87. The maximum atomic E-state index is 12.6. The molecular weight excluding hydrogens is 383 g/mol. The smallest absolute Gasteiger partial charge is 0.255 e. The number of hydrogen-bond acceptors (Lipinski definition) is 4. The molecule has 0 spiro atoms. The normalized spacial score (nSPS) is 20.6. The Kier molecular flexibility index (Phi) is 5.44. The molecule has 0 bridgehead atoms. The first kappa shape index (κ1) is 18.8. The molecule has 1 N–H and O–H groups in total. The number of nitrogens with zero attached hydrogens (tertiary/aromatic N) is 3. The summed E-state index contributed by atoms with van der Waals surface area (Å²) < 4.78 is 0. The standard InChI is InChI=1S/C20H24Cl2N4O/c1-13-3-2-7-26(10-13)20-23-18-12-25(8-6-15(18)19(27)24-20)11-14-4-5-16(21)17(22)9-14/h4-5,9,13H,2-3,6-8,10-12H2,1H3,(H,23,24,27)/t13-/m0/s1. The van der Waals surface area contributed by atoms with E-state index in [0.717, 1.165) is 61.8 Å². The summed E-state index contributed by atoms with van der Waals surface area (Å²) in [4.78, 5) is 25.0. The van der Waals surface area contributed by atoms with Crippen LogP contribution in [0.4, 0.5) is 5.95 Å². The number of nitrogens with one attached hydrogen (secondary N) is 1. The Morgan fingerprint density at radius 1 is 1.26 bits per heavy atom. The zero-order chi connectivity index (χ0) is 19.0. The Balaban J connectivity index is 1.54. The second-order valence-electron chi connectivity index (χ2n) is 7.72. The molecule has 1 atom stereocenters. The van der Waals surface area contributed by atoms with Crippen LogP contribution in [0.1, 0.15) is 36.6 Å². The first-order valence-electron chi connectivity index (χ1n) is 9.53. The van der Waals surface area contributed by atoms with Crippen LogP contribution in [0.2, 0.25) is 10.0 Å². The number of rotatable bonds is 3. The van der Waals surface area contributed by atoms with Crippen LogP contribution >= 0.6 is 23.2 Å². The van der Waals surface area contributed by atoms with Gasteiger partial charge in [0, 0.05) is 38.3 Å². The van der Waals surface area contributed by atoms with E-state index in [2.05, 4.69) is 21.7 Å². The van der Waals surface area contributed by atoms with Crippen molar-refractivity contribution < 1.29 is 0 Å². The molecule has 1 saturated heterocycles.